The molecule has 178 valence electrons. The van der Waals surface area contributed by atoms with Crippen molar-refractivity contribution < 1.29 is 40.8 Å². The largest absolute Gasteiger partial charge is 0.490 e. The van der Waals surface area contributed by atoms with Gasteiger partial charge in [-0.1, -0.05) is 5.16 Å². The molecule has 1 aromatic heterocycles. The number of halogens is 3. The normalized spacial score (nSPS) is 24.7. The minimum absolute atomic E-state index is 0.0330. The van der Waals surface area contributed by atoms with Crippen LogP contribution in [0.4, 0.5) is 13.2 Å². The van der Waals surface area contributed by atoms with Gasteiger partial charge in [0.05, 0.1) is 23.2 Å². The van der Waals surface area contributed by atoms with Crippen LogP contribution >= 0.6 is 0 Å². The van der Waals surface area contributed by atoms with Crippen LogP contribution in [0.15, 0.2) is 10.6 Å². The molecular formula is C18H28F3N3O6S. The Labute approximate surface area is 179 Å². The number of nitrogens with one attached hydrogen (secondary N) is 1. The lowest BCUT2D eigenvalue weighted by Gasteiger charge is -2.38. The molecule has 0 saturated carbocycles. The van der Waals surface area contributed by atoms with Gasteiger partial charge < -0.3 is 14.4 Å². The first-order valence-corrected chi connectivity index (χ1v) is 11.6. The van der Waals surface area contributed by atoms with Crippen LogP contribution in [-0.2, 0) is 26.1 Å². The van der Waals surface area contributed by atoms with Gasteiger partial charge in [0.15, 0.2) is 0 Å². The second-order valence-electron chi connectivity index (χ2n) is 7.76. The van der Waals surface area contributed by atoms with Crippen LogP contribution in [0.25, 0.3) is 0 Å². The van der Waals surface area contributed by atoms with Gasteiger partial charge in [0.2, 0.25) is 10.0 Å². The molecule has 2 fully saturated rings. The second-order valence-corrected chi connectivity index (χ2v) is 9.85. The third-order valence-corrected chi connectivity index (χ3v) is 6.55. The number of carboxylic acid groups (broad SMARTS) is 1. The molecule has 13 heteroatoms. The molecule has 0 radical (unpaired) electrons. The number of likely N-dealkylation sites (tertiary alicyclic amines) is 1. The lowest BCUT2D eigenvalue weighted by Crippen LogP contribution is -2.46. The average molecular weight is 471 g/mol. The van der Waals surface area contributed by atoms with Gasteiger partial charge in [-0.15, -0.1) is 0 Å². The first kappa shape index (κ1) is 25.6. The van der Waals surface area contributed by atoms with Gasteiger partial charge in [-0.05, 0) is 39.5 Å². The topological polar surface area (TPSA) is 122 Å². The number of aromatic nitrogens is 1. The molecular weight excluding hydrogens is 443 g/mol. The fraction of sp³-hybridized carbons (Fsp3) is 0.778. The van der Waals surface area contributed by atoms with Crippen LogP contribution in [0.1, 0.15) is 44.1 Å². The van der Waals surface area contributed by atoms with Gasteiger partial charge in [0.1, 0.15) is 5.76 Å². The Morgan fingerprint density at radius 3 is 2.65 bits per heavy atom. The predicted molar refractivity (Wildman–Crippen MR) is 104 cm³/mol. The van der Waals surface area contributed by atoms with E-state index in [2.05, 4.69) is 14.8 Å². The van der Waals surface area contributed by atoms with Gasteiger partial charge in [-0.3, -0.25) is 4.90 Å². The van der Waals surface area contributed by atoms with Crippen LogP contribution in [-0.4, -0.2) is 72.8 Å². The molecule has 0 bridgehead atoms. The van der Waals surface area contributed by atoms with Crippen molar-refractivity contribution in [3.8, 4) is 0 Å². The van der Waals surface area contributed by atoms with Gasteiger partial charge in [0.25, 0.3) is 0 Å². The van der Waals surface area contributed by atoms with Crippen molar-refractivity contribution in [2.45, 2.75) is 64.0 Å². The molecule has 2 N–H and O–H groups in total. The van der Waals surface area contributed by atoms with E-state index in [1.165, 1.54) is 0 Å². The average Bonchev–Trinajstić information content (AvgIpc) is 3.26. The molecule has 1 spiro atoms. The lowest BCUT2D eigenvalue weighted by atomic mass is 9.90. The maximum atomic E-state index is 11.6. The zero-order chi connectivity index (χ0) is 23.3. The highest BCUT2D eigenvalue weighted by atomic mass is 32.2. The van der Waals surface area contributed by atoms with Gasteiger partial charge >= 0.3 is 12.1 Å². The van der Waals surface area contributed by atoms with Crippen LogP contribution in [0, 0.1) is 6.92 Å². The molecule has 0 unspecified atom stereocenters. The maximum absolute atomic E-state index is 11.6. The quantitative estimate of drug-likeness (QED) is 0.647. The number of hydrogen-bond donors (Lipinski definition) is 2. The third-order valence-electron chi connectivity index (χ3n) is 5.19. The summed E-state index contributed by atoms with van der Waals surface area (Å²) in [7, 11) is -3.16. The number of ether oxygens (including phenoxy) is 1. The van der Waals surface area contributed by atoms with Crippen molar-refractivity contribution in [1.29, 1.82) is 0 Å². The molecule has 0 aromatic carbocycles. The van der Waals surface area contributed by atoms with E-state index in [0.29, 0.717) is 6.54 Å². The highest BCUT2D eigenvalue weighted by molar-refractivity contribution is 7.89. The molecule has 2 saturated heterocycles. The van der Waals surface area contributed by atoms with E-state index < -0.39 is 22.2 Å². The zero-order valence-electron chi connectivity index (χ0n) is 17.4. The zero-order valence-corrected chi connectivity index (χ0v) is 18.3. The van der Waals surface area contributed by atoms with E-state index in [0.717, 1.165) is 56.8 Å². The molecule has 2 aliphatic rings. The summed E-state index contributed by atoms with van der Waals surface area (Å²) in [5, 5.41) is 11.2. The van der Waals surface area contributed by atoms with E-state index in [4.69, 9.17) is 19.2 Å². The molecule has 2 atom stereocenters. The molecule has 2 aliphatic heterocycles. The summed E-state index contributed by atoms with van der Waals surface area (Å²) in [6, 6.07) is 1.97. The van der Waals surface area contributed by atoms with Crippen molar-refractivity contribution in [2.75, 3.05) is 25.4 Å². The summed E-state index contributed by atoms with van der Waals surface area (Å²) in [5.41, 5.74) is 0.812. The van der Waals surface area contributed by atoms with Crippen molar-refractivity contribution >= 4 is 16.0 Å². The highest BCUT2D eigenvalue weighted by Crippen LogP contribution is 2.37. The highest BCUT2D eigenvalue weighted by Gasteiger charge is 2.43. The number of aryl methyl sites for hydroxylation is 1. The molecule has 0 amide bonds. The van der Waals surface area contributed by atoms with E-state index in [1.54, 1.807) is 6.92 Å². The van der Waals surface area contributed by atoms with Crippen molar-refractivity contribution in [3.05, 3.63) is 17.5 Å². The van der Waals surface area contributed by atoms with E-state index >= 15 is 0 Å². The van der Waals surface area contributed by atoms with Crippen LogP contribution in [0.2, 0.25) is 0 Å². The van der Waals surface area contributed by atoms with E-state index in [9.17, 15) is 21.6 Å². The summed E-state index contributed by atoms with van der Waals surface area (Å²) >= 11 is 0. The Morgan fingerprint density at radius 2 is 2.10 bits per heavy atom. The Balaban J connectivity index is 0.000000423. The minimum Gasteiger partial charge on any atom is -0.475 e. The number of carboxylic acids is 1. The van der Waals surface area contributed by atoms with Crippen LogP contribution in [0.5, 0.6) is 0 Å². The van der Waals surface area contributed by atoms with Gasteiger partial charge in [-0.2, -0.15) is 13.2 Å². The van der Waals surface area contributed by atoms with E-state index in [-0.39, 0.29) is 17.5 Å². The minimum atomic E-state index is -5.08. The monoisotopic (exact) mass is 471 g/mol. The summed E-state index contributed by atoms with van der Waals surface area (Å²) in [6.45, 7) is 6.53. The predicted octanol–water partition coefficient (Wildman–Crippen LogP) is 2.07. The SMILES string of the molecule is CCS(=O)(=O)NC[C@@H]1CCC[C@]2(CCN(Cc3cc(C)on3)C2)O1.O=C(O)C(F)(F)F. The van der Waals surface area contributed by atoms with Crippen LogP contribution < -0.4 is 4.72 Å². The molecule has 1 aromatic rings. The summed E-state index contributed by atoms with van der Waals surface area (Å²) in [5.74, 6) is -1.82. The smallest absolute Gasteiger partial charge is 0.475 e. The van der Waals surface area contributed by atoms with Crippen molar-refractivity contribution in [3.63, 3.8) is 0 Å². The Bertz CT molecular complexity index is 845. The molecule has 3 heterocycles. The first-order chi connectivity index (χ1) is 14.3. The number of nitrogens with zero attached hydrogens (tertiary/aromatic N) is 2. The Hall–Kier alpha value is -1.70. The van der Waals surface area contributed by atoms with Gasteiger partial charge in [0, 0.05) is 32.2 Å². The van der Waals surface area contributed by atoms with Crippen molar-refractivity contribution in [1.82, 2.24) is 14.8 Å². The van der Waals surface area contributed by atoms with Crippen molar-refractivity contribution in [2.24, 2.45) is 0 Å². The Morgan fingerprint density at radius 1 is 1.42 bits per heavy atom. The number of carbonyl (C=O) groups is 1. The first-order valence-electron chi connectivity index (χ1n) is 9.94. The Kier molecular flexibility index (Phi) is 8.47. The fourth-order valence-electron chi connectivity index (χ4n) is 3.67. The summed E-state index contributed by atoms with van der Waals surface area (Å²) in [6.07, 6.45) is -1.10. The number of sulfonamides is 1. The number of hydrogen-bond acceptors (Lipinski definition) is 7. The molecule has 9 nitrogen and oxygen atoms in total. The standard InChI is InChI=1S/C16H27N3O4S.C2HF3O2/c1-3-24(20,21)17-10-15-5-4-6-16(22-15)7-8-19(12-16)11-14-9-13(2)23-18-14;3-2(4,5)1(6)7/h9,15,17H,3-8,10-12H2,1-2H3;(H,6,7)/t15-,16+;/m0./s1. The second kappa shape index (κ2) is 10.3. The fourth-order valence-corrected chi connectivity index (χ4v) is 4.32. The van der Waals surface area contributed by atoms with E-state index in [1.807, 2.05) is 13.0 Å². The van der Waals surface area contributed by atoms with Crippen LogP contribution in [0.3, 0.4) is 0 Å². The summed E-state index contributed by atoms with van der Waals surface area (Å²) in [4.78, 5) is 11.2. The molecule has 0 aliphatic carbocycles. The number of alkyl halides is 3. The molecule has 31 heavy (non-hydrogen) atoms. The number of aliphatic carboxylic acids is 1. The maximum Gasteiger partial charge on any atom is 0.490 e. The van der Waals surface area contributed by atoms with Gasteiger partial charge in [-0.25, -0.2) is 17.9 Å². The lowest BCUT2D eigenvalue weighted by molar-refractivity contribution is -0.192. The summed E-state index contributed by atoms with van der Waals surface area (Å²) < 4.78 is 69.1. The molecule has 3 rings (SSSR count). The third kappa shape index (κ3) is 8.05. The number of rotatable bonds is 6.